The molecule has 1 rings (SSSR count). The Hall–Kier alpha value is -1.03. The van der Waals surface area contributed by atoms with E-state index in [2.05, 4.69) is 0 Å². The molecule has 0 spiro atoms. The molecular weight excluding hydrogens is 263 g/mol. The van der Waals surface area contributed by atoms with Gasteiger partial charge in [0.15, 0.2) is 0 Å². The van der Waals surface area contributed by atoms with Gasteiger partial charge in [0.2, 0.25) is 0 Å². The predicted molar refractivity (Wildman–Crippen MR) is 52.9 cm³/mol. The van der Waals surface area contributed by atoms with Crippen LogP contribution in [0.15, 0.2) is 24.3 Å². The SMILES string of the molecule is O=C(O)CCc1ccc([As](=O)(O)O)cc1. The third-order valence-corrected chi connectivity index (χ3v) is 3.94. The second kappa shape index (κ2) is 4.66. The fourth-order valence-corrected chi connectivity index (χ4v) is 2.24. The van der Waals surface area contributed by atoms with E-state index in [9.17, 15) is 8.53 Å². The first-order valence-electron chi connectivity index (χ1n) is 4.26. The molecule has 0 fully saturated rings. The van der Waals surface area contributed by atoms with E-state index in [1.807, 2.05) is 0 Å². The molecule has 82 valence electrons. The van der Waals surface area contributed by atoms with Crippen molar-refractivity contribution >= 4 is 24.5 Å². The van der Waals surface area contributed by atoms with Gasteiger partial charge in [-0.15, -0.1) is 0 Å². The van der Waals surface area contributed by atoms with Gasteiger partial charge in [0.05, 0.1) is 0 Å². The van der Waals surface area contributed by atoms with Crippen molar-refractivity contribution in [3.05, 3.63) is 29.8 Å². The Labute approximate surface area is 89.4 Å². The van der Waals surface area contributed by atoms with Crippen molar-refractivity contribution in [2.75, 3.05) is 0 Å². The van der Waals surface area contributed by atoms with Crippen molar-refractivity contribution in [3.8, 4) is 0 Å². The molecule has 0 bridgehead atoms. The van der Waals surface area contributed by atoms with Gasteiger partial charge in [0.25, 0.3) is 0 Å². The Balaban J connectivity index is 2.73. The van der Waals surface area contributed by atoms with Crippen molar-refractivity contribution in [3.63, 3.8) is 0 Å². The molecule has 0 aliphatic carbocycles. The quantitative estimate of drug-likeness (QED) is 0.629. The number of carboxylic acid groups (broad SMARTS) is 1. The molecule has 0 saturated heterocycles. The standard InChI is InChI=1S/C9H11AsO5/c11-9(12)6-3-7-1-4-8(5-2-7)10(13,14)15/h1-2,4-5H,3,6H2,(H,11,12)(H2,13,14,15). The Morgan fingerprint density at radius 3 is 2.13 bits per heavy atom. The first kappa shape index (κ1) is 12.0. The van der Waals surface area contributed by atoms with Crippen LogP contribution in [0.25, 0.3) is 0 Å². The predicted octanol–water partition coefficient (Wildman–Crippen LogP) is -0.735. The summed E-state index contributed by atoms with van der Waals surface area (Å²) in [5.41, 5.74) is 0.755. The monoisotopic (exact) mass is 274 g/mol. The summed E-state index contributed by atoms with van der Waals surface area (Å²) < 4.78 is 28.6. The van der Waals surface area contributed by atoms with Crippen LogP contribution in [0.2, 0.25) is 0 Å². The van der Waals surface area contributed by atoms with E-state index in [1.165, 1.54) is 12.1 Å². The van der Waals surface area contributed by atoms with Crippen LogP contribution in [0.3, 0.4) is 0 Å². The fourth-order valence-electron chi connectivity index (χ4n) is 1.11. The summed E-state index contributed by atoms with van der Waals surface area (Å²) >= 11 is -4.79. The van der Waals surface area contributed by atoms with Gasteiger partial charge < -0.3 is 0 Å². The first-order valence-corrected chi connectivity index (χ1v) is 7.65. The maximum atomic E-state index is 10.9. The number of aliphatic carboxylic acids is 1. The minimum absolute atomic E-state index is 0.00667. The van der Waals surface area contributed by atoms with Crippen LogP contribution in [0.4, 0.5) is 0 Å². The molecule has 3 N–H and O–H groups in total. The zero-order valence-electron chi connectivity index (χ0n) is 7.83. The van der Waals surface area contributed by atoms with Gasteiger partial charge in [0.1, 0.15) is 0 Å². The van der Waals surface area contributed by atoms with Gasteiger partial charge >= 0.3 is 89.0 Å². The van der Waals surface area contributed by atoms with Gasteiger partial charge in [-0.25, -0.2) is 0 Å². The van der Waals surface area contributed by atoms with E-state index in [4.69, 9.17) is 13.3 Å². The summed E-state index contributed by atoms with van der Waals surface area (Å²) in [6, 6.07) is 5.77. The summed E-state index contributed by atoms with van der Waals surface area (Å²) in [6.45, 7) is 0. The number of carbonyl (C=O) groups is 1. The second-order valence-corrected chi connectivity index (χ2v) is 6.47. The van der Waals surface area contributed by atoms with E-state index >= 15 is 0 Å². The third-order valence-electron chi connectivity index (χ3n) is 1.90. The van der Waals surface area contributed by atoms with Crippen LogP contribution in [0, 0.1) is 0 Å². The number of hydrogen-bond acceptors (Lipinski definition) is 2. The Kier molecular flexibility index (Phi) is 3.74. The summed E-state index contributed by atoms with van der Waals surface area (Å²) in [7, 11) is 0. The normalized spacial score (nSPS) is 11.3. The Morgan fingerprint density at radius 1 is 1.20 bits per heavy atom. The molecule has 5 nitrogen and oxygen atoms in total. The van der Waals surface area contributed by atoms with E-state index in [0.717, 1.165) is 5.56 Å². The van der Waals surface area contributed by atoms with E-state index in [0.29, 0.717) is 6.42 Å². The van der Waals surface area contributed by atoms with Crippen molar-refractivity contribution in [1.29, 1.82) is 0 Å². The summed E-state index contributed by atoms with van der Waals surface area (Å²) in [6.07, 6.45) is 0.379. The number of carboxylic acids is 1. The third kappa shape index (κ3) is 3.91. The maximum absolute atomic E-state index is 10.9. The van der Waals surface area contributed by atoms with Crippen molar-refractivity contribution in [2.45, 2.75) is 12.8 Å². The summed E-state index contributed by atoms with van der Waals surface area (Å²) in [5.74, 6) is -0.891. The van der Waals surface area contributed by atoms with Gasteiger partial charge in [-0.1, -0.05) is 0 Å². The number of aryl methyl sites for hydroxylation is 1. The molecule has 0 atom stereocenters. The van der Waals surface area contributed by atoms with E-state index < -0.39 is 20.1 Å². The molecule has 6 heteroatoms. The van der Waals surface area contributed by atoms with Crippen molar-refractivity contribution in [1.82, 2.24) is 0 Å². The summed E-state index contributed by atoms with van der Waals surface area (Å²) in [4.78, 5) is 10.3. The van der Waals surface area contributed by atoms with Crippen molar-refractivity contribution < 1.29 is 21.8 Å². The van der Waals surface area contributed by atoms with Crippen molar-refractivity contribution in [2.24, 2.45) is 0 Å². The van der Waals surface area contributed by atoms with Crippen LogP contribution in [0.1, 0.15) is 12.0 Å². The van der Waals surface area contributed by atoms with E-state index in [1.54, 1.807) is 12.1 Å². The number of rotatable bonds is 4. The van der Waals surface area contributed by atoms with Crippen LogP contribution in [0.5, 0.6) is 0 Å². The first-order chi connectivity index (χ1) is 6.89. The molecule has 0 aliphatic heterocycles. The molecular formula is C9H11AsO5. The van der Waals surface area contributed by atoms with E-state index in [-0.39, 0.29) is 10.8 Å². The average molecular weight is 274 g/mol. The van der Waals surface area contributed by atoms with Gasteiger partial charge in [-0.3, -0.25) is 0 Å². The van der Waals surface area contributed by atoms with Gasteiger partial charge in [-0.2, -0.15) is 0 Å². The molecule has 0 amide bonds. The fraction of sp³-hybridized carbons (Fsp3) is 0.222. The van der Waals surface area contributed by atoms with Crippen LogP contribution >= 0.6 is 0 Å². The zero-order valence-corrected chi connectivity index (χ0v) is 9.71. The van der Waals surface area contributed by atoms with Crippen LogP contribution in [-0.2, 0) is 15.0 Å². The molecule has 15 heavy (non-hydrogen) atoms. The van der Waals surface area contributed by atoms with Gasteiger partial charge in [0, 0.05) is 0 Å². The van der Waals surface area contributed by atoms with Gasteiger partial charge in [-0.05, 0) is 0 Å². The number of hydrogen-bond donors (Lipinski definition) is 3. The summed E-state index contributed by atoms with van der Waals surface area (Å²) in [5, 5.41) is 8.44. The molecule has 1 aromatic carbocycles. The number of benzene rings is 1. The Morgan fingerprint density at radius 2 is 1.73 bits per heavy atom. The molecule has 0 aromatic heterocycles. The Bertz CT molecular complexity index is 391. The molecule has 0 aliphatic rings. The van der Waals surface area contributed by atoms with Crippen LogP contribution < -0.4 is 4.35 Å². The molecule has 0 heterocycles. The zero-order chi connectivity index (χ0) is 11.5. The molecule has 1 aromatic rings. The molecule has 0 saturated carbocycles. The molecule has 0 radical (unpaired) electrons. The topological polar surface area (TPSA) is 94.8 Å². The molecule has 0 unspecified atom stereocenters. The van der Waals surface area contributed by atoms with Crippen LogP contribution in [-0.4, -0.2) is 33.4 Å². The second-order valence-electron chi connectivity index (χ2n) is 3.10. The average Bonchev–Trinajstić information content (AvgIpc) is 2.14. The minimum atomic E-state index is -4.79.